The van der Waals surface area contributed by atoms with Gasteiger partial charge in [-0.15, -0.1) is 0 Å². The molecule has 0 aliphatic heterocycles. The van der Waals surface area contributed by atoms with E-state index in [2.05, 4.69) is 38.8 Å². The van der Waals surface area contributed by atoms with Gasteiger partial charge in [-0.25, -0.2) is 0 Å². The summed E-state index contributed by atoms with van der Waals surface area (Å²) in [4.78, 5) is 3.97. The number of hydrogen-bond donors (Lipinski definition) is 0. The second kappa shape index (κ2) is 6.88. The smallest absolute Gasteiger partial charge is 0.0277 e. The van der Waals surface area contributed by atoms with E-state index in [0.717, 1.165) is 18.3 Å². The Kier molecular flexibility index (Phi) is 6.56. The summed E-state index contributed by atoms with van der Waals surface area (Å²) in [5.74, 6) is 1.55. The molecule has 0 aromatic rings. The van der Waals surface area contributed by atoms with E-state index in [1.54, 1.807) is 0 Å². The number of allylic oxidation sites excluding steroid dienone is 2. The molecule has 0 spiro atoms. The zero-order chi connectivity index (χ0) is 10.3. The molecule has 0 saturated carbocycles. The van der Waals surface area contributed by atoms with Gasteiger partial charge in [0.25, 0.3) is 0 Å². The highest BCUT2D eigenvalue weighted by Gasteiger charge is 2.08. The van der Waals surface area contributed by atoms with E-state index in [9.17, 15) is 0 Å². The molecule has 1 nitrogen and oxygen atoms in total. The number of aliphatic imine (C=N–C) groups is 1. The van der Waals surface area contributed by atoms with Crippen molar-refractivity contribution in [2.75, 3.05) is 7.05 Å². The monoisotopic (exact) mass is 181 g/mol. The summed E-state index contributed by atoms with van der Waals surface area (Å²) < 4.78 is 0. The molecule has 0 heterocycles. The zero-order valence-electron chi connectivity index (χ0n) is 9.67. The maximum atomic E-state index is 3.97. The molecule has 76 valence electrons. The van der Waals surface area contributed by atoms with Gasteiger partial charge in [0.15, 0.2) is 0 Å². The molecule has 0 aliphatic rings. The maximum Gasteiger partial charge on any atom is 0.0277 e. The van der Waals surface area contributed by atoms with Crippen molar-refractivity contribution < 1.29 is 0 Å². The van der Waals surface area contributed by atoms with Gasteiger partial charge in [0.1, 0.15) is 0 Å². The van der Waals surface area contributed by atoms with E-state index < -0.39 is 0 Å². The molecule has 1 heteroatoms. The highest BCUT2D eigenvalue weighted by molar-refractivity contribution is 5.71. The average Bonchev–Trinajstić information content (AvgIpc) is 2.11. The van der Waals surface area contributed by atoms with Crippen molar-refractivity contribution >= 4 is 6.21 Å². The van der Waals surface area contributed by atoms with Crippen molar-refractivity contribution in [2.24, 2.45) is 16.8 Å². The molecule has 0 amide bonds. The summed E-state index contributed by atoms with van der Waals surface area (Å²) in [5, 5.41) is 0. The minimum atomic E-state index is 0.772. The molecule has 0 rings (SSSR count). The van der Waals surface area contributed by atoms with Gasteiger partial charge in [0, 0.05) is 13.3 Å². The van der Waals surface area contributed by atoms with E-state index in [4.69, 9.17) is 0 Å². The fraction of sp³-hybridized carbons (Fsp3) is 0.750. The first-order chi connectivity index (χ1) is 6.11. The van der Waals surface area contributed by atoms with Gasteiger partial charge in [0.05, 0.1) is 0 Å². The Bertz CT molecular complexity index is 178. The zero-order valence-corrected chi connectivity index (χ0v) is 9.67. The van der Waals surface area contributed by atoms with Gasteiger partial charge in [0.2, 0.25) is 0 Å². The summed E-state index contributed by atoms with van der Waals surface area (Å²) >= 11 is 0. The summed E-state index contributed by atoms with van der Waals surface area (Å²) in [5.41, 5.74) is 1.51. The number of hydrogen-bond acceptors (Lipinski definition) is 1. The van der Waals surface area contributed by atoms with Crippen LogP contribution in [0.25, 0.3) is 0 Å². The maximum absolute atomic E-state index is 3.97. The Labute approximate surface area is 83.0 Å². The first kappa shape index (κ1) is 12.4. The van der Waals surface area contributed by atoms with Crippen molar-refractivity contribution in [2.45, 2.75) is 40.5 Å². The third-order valence-corrected chi connectivity index (χ3v) is 2.64. The molecule has 0 aromatic carbocycles. The molecule has 0 N–H and O–H groups in total. The van der Waals surface area contributed by atoms with Crippen molar-refractivity contribution in [3.05, 3.63) is 11.6 Å². The van der Waals surface area contributed by atoms with Gasteiger partial charge < -0.3 is 0 Å². The number of rotatable bonds is 5. The Hall–Kier alpha value is -0.590. The molecule has 0 aliphatic carbocycles. The Morgan fingerprint density at radius 2 is 1.92 bits per heavy atom. The van der Waals surface area contributed by atoms with Gasteiger partial charge >= 0.3 is 0 Å². The molecular weight excluding hydrogens is 158 g/mol. The SMILES string of the molecule is CC/C(=C\C=NC)CC(C)C(C)C. The fourth-order valence-corrected chi connectivity index (χ4v) is 1.16. The molecule has 0 radical (unpaired) electrons. The normalized spacial score (nSPS) is 15.7. The van der Waals surface area contributed by atoms with Crippen molar-refractivity contribution in [1.29, 1.82) is 0 Å². The van der Waals surface area contributed by atoms with Crippen LogP contribution in [0.5, 0.6) is 0 Å². The summed E-state index contributed by atoms with van der Waals surface area (Å²) in [6.07, 6.45) is 6.40. The highest BCUT2D eigenvalue weighted by Crippen LogP contribution is 2.20. The van der Waals surface area contributed by atoms with E-state index >= 15 is 0 Å². The second-order valence-corrected chi connectivity index (χ2v) is 4.01. The van der Waals surface area contributed by atoms with E-state index in [0.29, 0.717) is 0 Å². The van der Waals surface area contributed by atoms with Gasteiger partial charge in [-0.2, -0.15) is 0 Å². The van der Waals surface area contributed by atoms with Gasteiger partial charge in [-0.05, 0) is 30.8 Å². The third-order valence-electron chi connectivity index (χ3n) is 2.64. The van der Waals surface area contributed by atoms with Crippen LogP contribution in [0.1, 0.15) is 40.5 Å². The van der Waals surface area contributed by atoms with Gasteiger partial charge in [-0.3, -0.25) is 4.99 Å². The van der Waals surface area contributed by atoms with Crippen molar-refractivity contribution in [3.8, 4) is 0 Å². The molecule has 0 aromatic heterocycles. The molecule has 1 atom stereocenters. The van der Waals surface area contributed by atoms with E-state index in [1.807, 2.05) is 13.3 Å². The molecule has 1 unspecified atom stereocenters. The van der Waals surface area contributed by atoms with E-state index in [-0.39, 0.29) is 0 Å². The van der Waals surface area contributed by atoms with Crippen LogP contribution in [-0.2, 0) is 0 Å². The molecule has 0 saturated heterocycles. The molecule has 0 fully saturated rings. The lowest BCUT2D eigenvalue weighted by Crippen LogP contribution is -2.04. The average molecular weight is 181 g/mol. The quantitative estimate of drug-likeness (QED) is 0.573. The molecule has 13 heavy (non-hydrogen) atoms. The second-order valence-electron chi connectivity index (χ2n) is 4.01. The minimum Gasteiger partial charge on any atom is -0.297 e. The lowest BCUT2D eigenvalue weighted by Gasteiger charge is -2.16. The standard InChI is InChI=1S/C12H23N/c1-6-12(7-8-13-5)9-11(4)10(2)3/h7-8,10-11H,6,9H2,1-5H3/b12-7+,13-8?. The van der Waals surface area contributed by atoms with Crippen LogP contribution < -0.4 is 0 Å². The summed E-state index contributed by atoms with van der Waals surface area (Å²) in [6, 6.07) is 0. The van der Waals surface area contributed by atoms with Crippen LogP contribution >= 0.6 is 0 Å². The Balaban J connectivity index is 4.12. The highest BCUT2D eigenvalue weighted by atomic mass is 14.6. The first-order valence-electron chi connectivity index (χ1n) is 5.22. The molecule has 0 bridgehead atoms. The third kappa shape index (κ3) is 5.62. The van der Waals surface area contributed by atoms with Crippen LogP contribution in [0.2, 0.25) is 0 Å². The Morgan fingerprint density at radius 3 is 2.31 bits per heavy atom. The van der Waals surface area contributed by atoms with Crippen molar-refractivity contribution in [1.82, 2.24) is 0 Å². The van der Waals surface area contributed by atoms with Crippen LogP contribution in [-0.4, -0.2) is 13.3 Å². The molecular formula is C12H23N. The lowest BCUT2D eigenvalue weighted by molar-refractivity contribution is 0.413. The first-order valence-corrected chi connectivity index (χ1v) is 5.22. The van der Waals surface area contributed by atoms with Crippen LogP contribution in [0.4, 0.5) is 0 Å². The van der Waals surface area contributed by atoms with Crippen LogP contribution in [0, 0.1) is 11.8 Å². The van der Waals surface area contributed by atoms with Crippen molar-refractivity contribution in [3.63, 3.8) is 0 Å². The van der Waals surface area contributed by atoms with Gasteiger partial charge in [-0.1, -0.05) is 33.3 Å². The summed E-state index contributed by atoms with van der Waals surface area (Å²) in [6.45, 7) is 9.09. The van der Waals surface area contributed by atoms with E-state index in [1.165, 1.54) is 12.0 Å². The summed E-state index contributed by atoms with van der Waals surface area (Å²) in [7, 11) is 1.82. The van der Waals surface area contributed by atoms with Crippen LogP contribution in [0.15, 0.2) is 16.6 Å². The predicted octanol–water partition coefficient (Wildman–Crippen LogP) is 3.71. The van der Waals surface area contributed by atoms with Crippen LogP contribution in [0.3, 0.4) is 0 Å². The minimum absolute atomic E-state index is 0.772. The Morgan fingerprint density at radius 1 is 1.31 bits per heavy atom. The lowest BCUT2D eigenvalue weighted by atomic mass is 9.90. The predicted molar refractivity (Wildman–Crippen MR) is 61.4 cm³/mol. The largest absolute Gasteiger partial charge is 0.297 e. The topological polar surface area (TPSA) is 12.4 Å². The number of nitrogens with zero attached hydrogens (tertiary/aromatic N) is 1. The fourth-order valence-electron chi connectivity index (χ4n) is 1.16.